The SMILES string of the molecule is O=C(NCc1ccccc1)c1nnsc1NC(=O)N1CCNCC1c1ccccc1F. The molecule has 31 heavy (non-hydrogen) atoms. The van der Waals surface area contributed by atoms with Crippen LogP contribution in [0.15, 0.2) is 54.6 Å². The number of urea groups is 1. The Morgan fingerprint density at radius 2 is 1.94 bits per heavy atom. The summed E-state index contributed by atoms with van der Waals surface area (Å²) in [5.74, 6) is -0.798. The van der Waals surface area contributed by atoms with Crippen molar-refractivity contribution in [3.8, 4) is 0 Å². The smallest absolute Gasteiger partial charge is 0.323 e. The first-order chi connectivity index (χ1) is 15.1. The summed E-state index contributed by atoms with van der Waals surface area (Å²) in [6.07, 6.45) is 0. The number of rotatable bonds is 5. The molecule has 1 aromatic heterocycles. The van der Waals surface area contributed by atoms with Crippen LogP contribution in [-0.2, 0) is 6.54 Å². The third kappa shape index (κ3) is 4.86. The van der Waals surface area contributed by atoms with Crippen LogP contribution in [0.3, 0.4) is 0 Å². The second-order valence-electron chi connectivity index (χ2n) is 6.98. The molecule has 3 aromatic rings. The van der Waals surface area contributed by atoms with Crippen molar-refractivity contribution >= 4 is 28.5 Å². The van der Waals surface area contributed by atoms with Gasteiger partial charge in [-0.15, -0.1) is 5.10 Å². The van der Waals surface area contributed by atoms with Gasteiger partial charge < -0.3 is 15.5 Å². The molecule has 1 aliphatic rings. The maximum Gasteiger partial charge on any atom is 0.323 e. The molecule has 3 N–H and O–H groups in total. The molecule has 0 spiro atoms. The van der Waals surface area contributed by atoms with Gasteiger partial charge in [0, 0.05) is 43.3 Å². The molecule has 3 amide bonds. The quantitative estimate of drug-likeness (QED) is 0.567. The number of aromatic nitrogens is 2. The monoisotopic (exact) mass is 440 g/mol. The molecule has 8 nitrogen and oxygen atoms in total. The predicted octanol–water partition coefficient (Wildman–Crippen LogP) is 2.79. The van der Waals surface area contributed by atoms with Crippen LogP contribution in [0.5, 0.6) is 0 Å². The van der Waals surface area contributed by atoms with Gasteiger partial charge in [0.2, 0.25) is 0 Å². The van der Waals surface area contributed by atoms with Gasteiger partial charge in [0.1, 0.15) is 5.82 Å². The number of nitrogens with zero attached hydrogens (tertiary/aromatic N) is 3. The molecule has 1 unspecified atom stereocenters. The Hall–Kier alpha value is -3.37. The minimum atomic E-state index is -0.466. The van der Waals surface area contributed by atoms with E-state index in [0.29, 0.717) is 31.7 Å². The molecule has 10 heteroatoms. The molecule has 2 aromatic carbocycles. The van der Waals surface area contributed by atoms with Crippen molar-refractivity contribution in [3.05, 3.63) is 77.2 Å². The van der Waals surface area contributed by atoms with E-state index in [4.69, 9.17) is 0 Å². The maximum absolute atomic E-state index is 14.3. The Balaban J connectivity index is 1.45. The zero-order valence-electron chi connectivity index (χ0n) is 16.5. The molecule has 4 rings (SSSR count). The Morgan fingerprint density at radius 1 is 1.16 bits per heavy atom. The van der Waals surface area contributed by atoms with Gasteiger partial charge in [-0.3, -0.25) is 10.1 Å². The molecular weight excluding hydrogens is 419 g/mol. The van der Waals surface area contributed by atoms with Gasteiger partial charge in [0.25, 0.3) is 5.91 Å². The van der Waals surface area contributed by atoms with E-state index < -0.39 is 18.0 Å². The number of carbonyl (C=O) groups excluding carboxylic acids is 2. The highest BCUT2D eigenvalue weighted by Gasteiger charge is 2.31. The molecule has 1 atom stereocenters. The van der Waals surface area contributed by atoms with E-state index in [1.165, 1.54) is 6.07 Å². The summed E-state index contributed by atoms with van der Waals surface area (Å²) in [5.41, 5.74) is 1.43. The van der Waals surface area contributed by atoms with Gasteiger partial charge in [0.15, 0.2) is 10.7 Å². The first-order valence-corrected chi connectivity index (χ1v) is 10.6. The van der Waals surface area contributed by atoms with Crippen LogP contribution in [0.25, 0.3) is 0 Å². The first-order valence-electron chi connectivity index (χ1n) is 9.80. The van der Waals surface area contributed by atoms with Gasteiger partial charge in [0.05, 0.1) is 6.04 Å². The molecular formula is C21H21FN6O2S. The van der Waals surface area contributed by atoms with E-state index in [-0.39, 0.29) is 16.5 Å². The minimum Gasteiger partial charge on any atom is -0.346 e. The fourth-order valence-corrected chi connectivity index (χ4v) is 3.98. The Kier molecular flexibility index (Phi) is 6.48. The highest BCUT2D eigenvalue weighted by atomic mass is 32.1. The van der Waals surface area contributed by atoms with Crippen LogP contribution < -0.4 is 16.0 Å². The Morgan fingerprint density at radius 3 is 2.74 bits per heavy atom. The lowest BCUT2D eigenvalue weighted by Gasteiger charge is -2.36. The predicted molar refractivity (Wildman–Crippen MR) is 115 cm³/mol. The van der Waals surface area contributed by atoms with Crippen LogP contribution in [0.1, 0.15) is 27.7 Å². The van der Waals surface area contributed by atoms with Crippen molar-refractivity contribution < 1.29 is 14.0 Å². The summed E-state index contributed by atoms with van der Waals surface area (Å²) in [6.45, 7) is 1.74. The number of hydrogen-bond acceptors (Lipinski definition) is 6. The number of carbonyl (C=O) groups is 2. The van der Waals surface area contributed by atoms with E-state index in [9.17, 15) is 14.0 Å². The summed E-state index contributed by atoms with van der Waals surface area (Å²) in [5, 5.41) is 12.8. The van der Waals surface area contributed by atoms with Crippen LogP contribution >= 0.6 is 11.5 Å². The normalized spacial score (nSPS) is 16.0. The zero-order valence-corrected chi connectivity index (χ0v) is 17.4. The summed E-state index contributed by atoms with van der Waals surface area (Å²) in [6, 6.07) is 15.0. The van der Waals surface area contributed by atoms with Crippen molar-refractivity contribution in [3.63, 3.8) is 0 Å². The molecule has 160 valence electrons. The summed E-state index contributed by atoms with van der Waals surface area (Å²) < 4.78 is 18.1. The number of nitrogens with one attached hydrogen (secondary N) is 3. The summed E-state index contributed by atoms with van der Waals surface area (Å²) >= 11 is 0.922. The van der Waals surface area contributed by atoms with Crippen molar-refractivity contribution in [1.82, 2.24) is 25.1 Å². The lowest BCUT2D eigenvalue weighted by atomic mass is 10.0. The van der Waals surface area contributed by atoms with Gasteiger partial charge in [-0.2, -0.15) is 0 Å². The number of halogens is 1. The molecule has 0 bridgehead atoms. The van der Waals surface area contributed by atoms with Crippen LogP contribution in [-0.4, -0.2) is 46.1 Å². The first kappa shape index (κ1) is 20.9. The Labute approximate surface area is 182 Å². The van der Waals surface area contributed by atoms with Gasteiger partial charge in [-0.1, -0.05) is 53.0 Å². The second kappa shape index (κ2) is 9.63. The number of amides is 3. The average Bonchev–Trinajstić information content (AvgIpc) is 3.26. The highest BCUT2D eigenvalue weighted by Crippen LogP contribution is 2.26. The third-order valence-electron chi connectivity index (χ3n) is 4.99. The fourth-order valence-electron chi connectivity index (χ4n) is 3.42. The van der Waals surface area contributed by atoms with Crippen LogP contribution in [0.4, 0.5) is 14.2 Å². The highest BCUT2D eigenvalue weighted by molar-refractivity contribution is 7.10. The summed E-state index contributed by atoms with van der Waals surface area (Å²) in [7, 11) is 0. The molecule has 0 aliphatic carbocycles. The number of piperazine rings is 1. The van der Waals surface area contributed by atoms with Gasteiger partial charge in [-0.05, 0) is 11.6 Å². The second-order valence-corrected chi connectivity index (χ2v) is 7.74. The third-order valence-corrected chi connectivity index (χ3v) is 5.63. The minimum absolute atomic E-state index is 0.0480. The molecule has 1 saturated heterocycles. The van der Waals surface area contributed by atoms with E-state index in [1.807, 2.05) is 30.3 Å². The standard InChI is InChI=1S/C21H21FN6O2S/c22-16-9-5-4-8-15(16)17-13-23-10-11-28(17)21(30)25-20-18(26-27-31-20)19(29)24-12-14-6-2-1-3-7-14/h1-9,17,23H,10-13H2,(H,24,29)(H,25,30). The van der Waals surface area contributed by atoms with E-state index in [1.54, 1.807) is 23.1 Å². The largest absolute Gasteiger partial charge is 0.346 e. The van der Waals surface area contributed by atoms with Crippen molar-refractivity contribution in [2.75, 3.05) is 25.0 Å². The van der Waals surface area contributed by atoms with Gasteiger partial charge in [-0.25, -0.2) is 9.18 Å². The summed E-state index contributed by atoms with van der Waals surface area (Å²) in [4.78, 5) is 27.1. The topological polar surface area (TPSA) is 99.2 Å². The number of benzene rings is 2. The Bertz CT molecular complexity index is 1060. The van der Waals surface area contributed by atoms with Crippen LogP contribution in [0, 0.1) is 5.82 Å². The molecule has 1 aliphatic heterocycles. The van der Waals surface area contributed by atoms with Crippen molar-refractivity contribution in [2.24, 2.45) is 0 Å². The van der Waals surface area contributed by atoms with Crippen LogP contribution in [0.2, 0.25) is 0 Å². The zero-order chi connectivity index (χ0) is 21.6. The molecule has 0 radical (unpaired) electrons. The van der Waals surface area contributed by atoms with Crippen molar-refractivity contribution in [1.29, 1.82) is 0 Å². The lowest BCUT2D eigenvalue weighted by Crippen LogP contribution is -2.50. The van der Waals surface area contributed by atoms with E-state index >= 15 is 0 Å². The fraction of sp³-hybridized carbons (Fsp3) is 0.238. The molecule has 2 heterocycles. The van der Waals surface area contributed by atoms with Gasteiger partial charge >= 0.3 is 6.03 Å². The molecule has 1 fully saturated rings. The van der Waals surface area contributed by atoms with E-state index in [0.717, 1.165) is 17.1 Å². The lowest BCUT2D eigenvalue weighted by molar-refractivity contribution is 0.0946. The van der Waals surface area contributed by atoms with E-state index in [2.05, 4.69) is 25.5 Å². The average molecular weight is 441 g/mol. The number of hydrogen-bond donors (Lipinski definition) is 3. The maximum atomic E-state index is 14.3. The van der Waals surface area contributed by atoms with Crippen molar-refractivity contribution in [2.45, 2.75) is 12.6 Å². The molecule has 0 saturated carbocycles. The number of anilines is 1.